The van der Waals surface area contributed by atoms with Crippen LogP contribution in [0.2, 0.25) is 0 Å². The maximum Gasteiger partial charge on any atom is 0.128 e. The van der Waals surface area contributed by atoms with Gasteiger partial charge in [0.05, 0.1) is 12.2 Å². The number of benzene rings is 1. The maximum absolute atomic E-state index is 13.2. The van der Waals surface area contributed by atoms with Crippen LogP contribution in [0.1, 0.15) is 50.7 Å². The molecule has 0 spiro atoms. The Morgan fingerprint density at radius 1 is 1.29 bits per heavy atom. The molecular weight excluding hydrogens is 219 g/mol. The van der Waals surface area contributed by atoms with Gasteiger partial charge in [-0.25, -0.2) is 4.39 Å². The molecule has 0 bridgehead atoms. The number of halogens is 1. The molecule has 0 amide bonds. The van der Waals surface area contributed by atoms with Gasteiger partial charge in [-0.2, -0.15) is 0 Å². The molecule has 1 saturated carbocycles. The second-order valence-corrected chi connectivity index (χ2v) is 4.74. The molecular formula is C14H19FO2. The number of aliphatic hydroxyl groups is 1. The topological polar surface area (TPSA) is 29.5 Å². The Labute approximate surface area is 101 Å². The molecule has 0 aromatic heterocycles. The van der Waals surface area contributed by atoms with Crippen molar-refractivity contribution in [1.82, 2.24) is 0 Å². The van der Waals surface area contributed by atoms with Gasteiger partial charge in [-0.3, -0.25) is 0 Å². The highest BCUT2D eigenvalue weighted by Gasteiger charge is 2.18. The molecule has 0 radical (unpaired) electrons. The van der Waals surface area contributed by atoms with Gasteiger partial charge in [0.1, 0.15) is 11.6 Å². The number of ether oxygens (including phenoxy) is 1. The Bertz CT molecular complexity index is 370. The lowest BCUT2D eigenvalue weighted by Crippen LogP contribution is -2.20. The molecule has 1 aliphatic carbocycles. The van der Waals surface area contributed by atoms with Crippen molar-refractivity contribution in [1.29, 1.82) is 0 Å². The zero-order chi connectivity index (χ0) is 12.3. The van der Waals surface area contributed by atoms with Gasteiger partial charge in [0.15, 0.2) is 0 Å². The summed E-state index contributed by atoms with van der Waals surface area (Å²) in [5.41, 5.74) is 0.664. The predicted molar refractivity (Wildman–Crippen MR) is 64.5 cm³/mol. The first-order valence-corrected chi connectivity index (χ1v) is 6.31. The fourth-order valence-electron chi connectivity index (χ4n) is 2.32. The van der Waals surface area contributed by atoms with Gasteiger partial charge in [0, 0.05) is 11.6 Å². The number of hydrogen-bond acceptors (Lipinski definition) is 2. The highest BCUT2D eigenvalue weighted by atomic mass is 19.1. The van der Waals surface area contributed by atoms with E-state index in [1.165, 1.54) is 31.4 Å². The standard InChI is InChI=1S/C14H19FO2/c1-10(16)13-8-7-11(15)9-14(13)17-12-5-3-2-4-6-12/h7-10,12,16H,2-6H2,1H3/t10-/m0/s1. The summed E-state index contributed by atoms with van der Waals surface area (Å²) in [6.07, 6.45) is 5.18. The van der Waals surface area contributed by atoms with Crippen LogP contribution in [0.5, 0.6) is 5.75 Å². The zero-order valence-electron chi connectivity index (χ0n) is 10.2. The van der Waals surface area contributed by atoms with Crippen molar-refractivity contribution < 1.29 is 14.2 Å². The Morgan fingerprint density at radius 2 is 2.00 bits per heavy atom. The van der Waals surface area contributed by atoms with Crippen LogP contribution in [0, 0.1) is 5.82 Å². The summed E-state index contributed by atoms with van der Waals surface area (Å²) in [5.74, 6) is 0.173. The lowest BCUT2D eigenvalue weighted by atomic mass is 9.97. The molecule has 17 heavy (non-hydrogen) atoms. The molecule has 2 rings (SSSR count). The average molecular weight is 238 g/mol. The van der Waals surface area contributed by atoms with Crippen LogP contribution >= 0.6 is 0 Å². The van der Waals surface area contributed by atoms with Gasteiger partial charge in [-0.1, -0.05) is 6.42 Å². The SMILES string of the molecule is C[C@H](O)c1ccc(F)cc1OC1CCCCC1. The van der Waals surface area contributed by atoms with Crippen LogP contribution < -0.4 is 4.74 Å². The molecule has 1 N–H and O–H groups in total. The van der Waals surface area contributed by atoms with E-state index in [9.17, 15) is 9.50 Å². The van der Waals surface area contributed by atoms with Crippen molar-refractivity contribution in [2.75, 3.05) is 0 Å². The second-order valence-electron chi connectivity index (χ2n) is 4.74. The first-order chi connectivity index (χ1) is 8.16. The van der Waals surface area contributed by atoms with Gasteiger partial charge in [0.25, 0.3) is 0 Å². The van der Waals surface area contributed by atoms with E-state index in [1.807, 2.05) is 0 Å². The lowest BCUT2D eigenvalue weighted by Gasteiger charge is -2.24. The smallest absolute Gasteiger partial charge is 0.128 e. The van der Waals surface area contributed by atoms with Crippen LogP contribution in [0.25, 0.3) is 0 Å². The third-order valence-corrected chi connectivity index (χ3v) is 3.27. The molecule has 0 saturated heterocycles. The first-order valence-electron chi connectivity index (χ1n) is 6.31. The van der Waals surface area contributed by atoms with E-state index in [0.29, 0.717) is 11.3 Å². The normalized spacial score (nSPS) is 19.0. The third-order valence-electron chi connectivity index (χ3n) is 3.27. The van der Waals surface area contributed by atoms with Gasteiger partial charge in [-0.05, 0) is 44.7 Å². The van der Waals surface area contributed by atoms with Crippen molar-refractivity contribution in [3.8, 4) is 5.75 Å². The predicted octanol–water partition coefficient (Wildman–Crippen LogP) is 3.59. The van der Waals surface area contributed by atoms with Crippen LogP contribution in [-0.4, -0.2) is 11.2 Å². The summed E-state index contributed by atoms with van der Waals surface area (Å²) in [6, 6.07) is 4.32. The Balaban J connectivity index is 2.14. The van der Waals surface area contributed by atoms with Crippen molar-refractivity contribution in [3.63, 3.8) is 0 Å². The molecule has 0 aliphatic heterocycles. The highest BCUT2D eigenvalue weighted by Crippen LogP contribution is 2.30. The number of aliphatic hydroxyl groups excluding tert-OH is 1. The van der Waals surface area contributed by atoms with E-state index in [4.69, 9.17) is 4.74 Å². The lowest BCUT2D eigenvalue weighted by molar-refractivity contribution is 0.141. The maximum atomic E-state index is 13.2. The minimum Gasteiger partial charge on any atom is -0.490 e. The third kappa shape index (κ3) is 3.19. The van der Waals surface area contributed by atoms with Crippen LogP contribution in [0.4, 0.5) is 4.39 Å². The molecule has 94 valence electrons. The summed E-state index contributed by atoms with van der Waals surface area (Å²) in [7, 11) is 0. The summed E-state index contributed by atoms with van der Waals surface area (Å²) >= 11 is 0. The van der Waals surface area contributed by atoms with Crippen LogP contribution in [0.3, 0.4) is 0 Å². The molecule has 1 aliphatic rings. The molecule has 3 heteroatoms. The fraction of sp³-hybridized carbons (Fsp3) is 0.571. The van der Waals surface area contributed by atoms with Crippen molar-refractivity contribution in [2.45, 2.75) is 51.2 Å². The molecule has 1 fully saturated rings. The Morgan fingerprint density at radius 3 is 2.65 bits per heavy atom. The van der Waals surface area contributed by atoms with E-state index in [1.54, 1.807) is 13.0 Å². The van der Waals surface area contributed by atoms with Crippen LogP contribution in [-0.2, 0) is 0 Å². The van der Waals surface area contributed by atoms with E-state index in [0.717, 1.165) is 12.8 Å². The second kappa shape index (κ2) is 5.50. The highest BCUT2D eigenvalue weighted by molar-refractivity contribution is 5.35. The average Bonchev–Trinajstić information content (AvgIpc) is 2.30. The van der Waals surface area contributed by atoms with Gasteiger partial charge in [0.2, 0.25) is 0 Å². The fourth-order valence-corrected chi connectivity index (χ4v) is 2.32. The van der Waals surface area contributed by atoms with E-state index in [2.05, 4.69) is 0 Å². The van der Waals surface area contributed by atoms with Crippen molar-refractivity contribution in [3.05, 3.63) is 29.6 Å². The summed E-state index contributed by atoms with van der Waals surface area (Å²) < 4.78 is 19.0. The van der Waals surface area contributed by atoms with E-state index >= 15 is 0 Å². The van der Waals surface area contributed by atoms with Crippen LogP contribution in [0.15, 0.2) is 18.2 Å². The minimum atomic E-state index is -0.630. The van der Waals surface area contributed by atoms with Gasteiger partial charge >= 0.3 is 0 Å². The molecule has 2 nitrogen and oxygen atoms in total. The quantitative estimate of drug-likeness (QED) is 0.872. The first kappa shape index (κ1) is 12.4. The minimum absolute atomic E-state index is 0.169. The largest absolute Gasteiger partial charge is 0.490 e. The number of rotatable bonds is 3. The van der Waals surface area contributed by atoms with Gasteiger partial charge < -0.3 is 9.84 Å². The summed E-state index contributed by atoms with van der Waals surface area (Å²) in [6.45, 7) is 1.67. The molecule has 0 heterocycles. The zero-order valence-corrected chi connectivity index (χ0v) is 10.2. The molecule has 0 unspecified atom stereocenters. The summed E-state index contributed by atoms with van der Waals surface area (Å²) in [4.78, 5) is 0. The summed E-state index contributed by atoms with van der Waals surface area (Å²) in [5, 5.41) is 9.62. The van der Waals surface area contributed by atoms with Crippen molar-refractivity contribution in [2.24, 2.45) is 0 Å². The molecule has 1 atom stereocenters. The Hall–Kier alpha value is -1.09. The van der Waals surface area contributed by atoms with E-state index in [-0.39, 0.29) is 11.9 Å². The Kier molecular flexibility index (Phi) is 4.00. The monoisotopic (exact) mass is 238 g/mol. The molecule has 1 aromatic rings. The number of hydrogen-bond donors (Lipinski definition) is 1. The van der Waals surface area contributed by atoms with E-state index < -0.39 is 6.10 Å². The van der Waals surface area contributed by atoms with Crippen molar-refractivity contribution >= 4 is 0 Å². The molecule has 1 aromatic carbocycles. The van der Waals surface area contributed by atoms with Gasteiger partial charge in [-0.15, -0.1) is 0 Å².